The largest absolute Gasteiger partial charge is 0.278 e. The fourth-order valence-corrected chi connectivity index (χ4v) is 4.56. The summed E-state index contributed by atoms with van der Waals surface area (Å²) in [6.45, 7) is 0.358. The van der Waals surface area contributed by atoms with E-state index in [0.717, 1.165) is 12.8 Å². The summed E-state index contributed by atoms with van der Waals surface area (Å²) in [7, 11) is 0. The molecule has 0 saturated carbocycles. The van der Waals surface area contributed by atoms with E-state index in [1.807, 2.05) is 0 Å². The van der Waals surface area contributed by atoms with Crippen LogP contribution in [0.5, 0.6) is 0 Å². The van der Waals surface area contributed by atoms with Gasteiger partial charge in [0.05, 0.1) is 10.9 Å². The number of thioether (sulfide) groups is 1. The molecule has 1 saturated heterocycles. The van der Waals surface area contributed by atoms with Crippen molar-refractivity contribution in [1.82, 2.24) is 19.7 Å². The van der Waals surface area contributed by atoms with Gasteiger partial charge in [-0.25, -0.2) is 4.39 Å². The standard InChI is InChI=1S/C21H18ClFN4O2S/c22-15-10-8-14(9-11-15)19(28)26-12-4-3-7-18(20(26)29)30-21-25-24-13-27(21)17-6-2-1-5-16(17)23/h1-2,5-6,8-11,13,18H,3-4,7,12H2/t18-/m0/s1. The first kappa shape index (κ1) is 20.6. The van der Waals surface area contributed by atoms with Crippen LogP contribution in [0.3, 0.4) is 0 Å². The molecule has 0 aliphatic carbocycles. The minimum Gasteiger partial charge on any atom is -0.278 e. The molecule has 0 N–H and O–H groups in total. The monoisotopic (exact) mass is 444 g/mol. The number of para-hydroxylation sites is 1. The van der Waals surface area contributed by atoms with Gasteiger partial charge in [-0.2, -0.15) is 0 Å². The number of nitrogens with zero attached hydrogens (tertiary/aromatic N) is 4. The van der Waals surface area contributed by atoms with E-state index in [0.29, 0.717) is 34.4 Å². The third-order valence-electron chi connectivity index (χ3n) is 4.85. The molecule has 0 spiro atoms. The van der Waals surface area contributed by atoms with Crippen LogP contribution in [0.1, 0.15) is 29.6 Å². The van der Waals surface area contributed by atoms with E-state index < -0.39 is 11.1 Å². The Morgan fingerprint density at radius 3 is 2.67 bits per heavy atom. The zero-order valence-corrected chi connectivity index (χ0v) is 17.4. The smallest absolute Gasteiger partial charge is 0.260 e. The van der Waals surface area contributed by atoms with Crippen molar-refractivity contribution >= 4 is 35.2 Å². The van der Waals surface area contributed by atoms with Gasteiger partial charge in [0.25, 0.3) is 5.91 Å². The molecule has 2 aromatic carbocycles. The molecule has 0 bridgehead atoms. The summed E-state index contributed by atoms with van der Waals surface area (Å²) in [5, 5.41) is 8.36. The van der Waals surface area contributed by atoms with Gasteiger partial charge in [-0.15, -0.1) is 10.2 Å². The van der Waals surface area contributed by atoms with Crippen LogP contribution in [0.4, 0.5) is 4.39 Å². The Kier molecular flexibility index (Phi) is 6.15. The highest BCUT2D eigenvalue weighted by Gasteiger charge is 2.33. The van der Waals surface area contributed by atoms with Gasteiger partial charge in [-0.05, 0) is 49.2 Å². The summed E-state index contributed by atoms with van der Waals surface area (Å²) < 4.78 is 15.7. The van der Waals surface area contributed by atoms with Gasteiger partial charge in [0, 0.05) is 17.1 Å². The highest BCUT2D eigenvalue weighted by Crippen LogP contribution is 2.31. The molecule has 2 heterocycles. The van der Waals surface area contributed by atoms with Crippen LogP contribution in [0, 0.1) is 5.82 Å². The van der Waals surface area contributed by atoms with Gasteiger partial charge in [-0.3, -0.25) is 19.1 Å². The maximum Gasteiger partial charge on any atom is 0.260 e. The molecule has 6 nitrogen and oxygen atoms in total. The van der Waals surface area contributed by atoms with Gasteiger partial charge in [-0.1, -0.05) is 41.9 Å². The Bertz CT molecular complexity index is 1070. The molecule has 0 radical (unpaired) electrons. The van der Waals surface area contributed by atoms with E-state index in [-0.39, 0.29) is 11.8 Å². The second-order valence-electron chi connectivity index (χ2n) is 6.84. The fraction of sp³-hybridized carbons (Fsp3) is 0.238. The van der Waals surface area contributed by atoms with Crippen molar-refractivity contribution in [3.63, 3.8) is 0 Å². The molecular weight excluding hydrogens is 427 g/mol. The lowest BCUT2D eigenvalue weighted by Crippen LogP contribution is -2.41. The van der Waals surface area contributed by atoms with Gasteiger partial charge in [0.2, 0.25) is 5.91 Å². The zero-order valence-electron chi connectivity index (χ0n) is 15.9. The van der Waals surface area contributed by atoms with Crippen LogP contribution >= 0.6 is 23.4 Å². The number of halogens is 2. The van der Waals surface area contributed by atoms with Crippen LogP contribution in [-0.4, -0.2) is 43.3 Å². The number of aromatic nitrogens is 3. The lowest BCUT2D eigenvalue weighted by atomic mass is 10.2. The molecule has 9 heteroatoms. The SMILES string of the molecule is O=C(c1ccc(Cl)cc1)N1CCCC[C@H](Sc2nncn2-c2ccccc2F)C1=O. The topological polar surface area (TPSA) is 68.1 Å². The van der Waals surface area contributed by atoms with Crippen LogP contribution in [0.25, 0.3) is 5.69 Å². The highest BCUT2D eigenvalue weighted by molar-refractivity contribution is 8.00. The summed E-state index contributed by atoms with van der Waals surface area (Å²) >= 11 is 7.10. The van der Waals surface area contributed by atoms with E-state index >= 15 is 0 Å². The predicted octanol–water partition coefficient (Wildman–Crippen LogP) is 4.37. The fourth-order valence-electron chi connectivity index (χ4n) is 3.31. The van der Waals surface area contributed by atoms with Gasteiger partial charge in [0.15, 0.2) is 5.16 Å². The average molecular weight is 445 g/mol. The Balaban J connectivity index is 1.57. The van der Waals surface area contributed by atoms with Crippen molar-refractivity contribution in [3.05, 3.63) is 71.3 Å². The maximum absolute atomic E-state index is 14.2. The quantitative estimate of drug-likeness (QED) is 0.559. The minimum atomic E-state index is -0.515. The number of hydrogen-bond acceptors (Lipinski definition) is 5. The minimum absolute atomic E-state index is 0.277. The van der Waals surface area contributed by atoms with Crippen molar-refractivity contribution in [3.8, 4) is 5.69 Å². The van der Waals surface area contributed by atoms with E-state index in [9.17, 15) is 14.0 Å². The van der Waals surface area contributed by atoms with Gasteiger partial charge < -0.3 is 0 Å². The number of benzene rings is 2. The first-order chi connectivity index (χ1) is 14.5. The van der Waals surface area contributed by atoms with Crippen molar-refractivity contribution in [2.75, 3.05) is 6.54 Å². The molecule has 4 rings (SSSR count). The van der Waals surface area contributed by atoms with Gasteiger partial charge in [0.1, 0.15) is 12.1 Å². The Morgan fingerprint density at radius 2 is 1.90 bits per heavy atom. The molecule has 1 aliphatic heterocycles. The summed E-state index contributed by atoms with van der Waals surface area (Å²) in [5.74, 6) is -1.04. The third kappa shape index (κ3) is 4.24. The van der Waals surface area contributed by atoms with Gasteiger partial charge >= 0.3 is 0 Å². The molecule has 1 aliphatic rings. The molecule has 1 fully saturated rings. The van der Waals surface area contributed by atoms with Crippen LogP contribution in [0.15, 0.2) is 60.0 Å². The van der Waals surface area contributed by atoms with E-state index in [1.165, 1.54) is 33.6 Å². The number of carbonyl (C=O) groups excluding carboxylic acids is 2. The second-order valence-corrected chi connectivity index (χ2v) is 8.45. The van der Waals surface area contributed by atoms with Crippen LogP contribution in [-0.2, 0) is 4.79 Å². The molecular formula is C21H18ClFN4O2S. The highest BCUT2D eigenvalue weighted by atomic mass is 35.5. The first-order valence-electron chi connectivity index (χ1n) is 9.47. The number of amides is 2. The average Bonchev–Trinajstić information content (AvgIpc) is 3.12. The number of hydrogen-bond donors (Lipinski definition) is 0. The lowest BCUT2D eigenvalue weighted by molar-refractivity contribution is -0.127. The third-order valence-corrected chi connectivity index (χ3v) is 6.31. The number of carbonyl (C=O) groups is 2. The summed E-state index contributed by atoms with van der Waals surface area (Å²) in [4.78, 5) is 27.4. The Hall–Kier alpha value is -2.71. The number of imide groups is 1. The zero-order chi connectivity index (χ0) is 21.1. The van der Waals surface area contributed by atoms with Crippen molar-refractivity contribution in [2.45, 2.75) is 29.7 Å². The van der Waals surface area contributed by atoms with Crippen LogP contribution < -0.4 is 0 Å². The Labute approximate surface area is 182 Å². The van der Waals surface area contributed by atoms with Crippen LogP contribution in [0.2, 0.25) is 5.02 Å². The molecule has 3 aromatic rings. The van der Waals surface area contributed by atoms with Crippen molar-refractivity contribution in [2.24, 2.45) is 0 Å². The molecule has 1 atom stereocenters. The molecule has 30 heavy (non-hydrogen) atoms. The molecule has 2 amide bonds. The molecule has 1 aromatic heterocycles. The predicted molar refractivity (Wildman–Crippen MR) is 112 cm³/mol. The number of rotatable bonds is 4. The first-order valence-corrected chi connectivity index (χ1v) is 10.7. The Morgan fingerprint density at radius 1 is 1.13 bits per heavy atom. The van der Waals surface area contributed by atoms with E-state index in [2.05, 4.69) is 10.2 Å². The summed E-state index contributed by atoms with van der Waals surface area (Å²) in [6, 6.07) is 12.8. The maximum atomic E-state index is 14.2. The normalized spacial score (nSPS) is 17.1. The van der Waals surface area contributed by atoms with Crippen molar-refractivity contribution < 1.29 is 14.0 Å². The van der Waals surface area contributed by atoms with Crippen molar-refractivity contribution in [1.29, 1.82) is 0 Å². The molecule has 154 valence electrons. The second kappa shape index (κ2) is 8.97. The molecule has 0 unspecified atom stereocenters. The van der Waals surface area contributed by atoms with E-state index in [1.54, 1.807) is 42.5 Å². The summed E-state index contributed by atoms with van der Waals surface area (Å²) in [6.07, 6.45) is 3.53. The van der Waals surface area contributed by atoms with E-state index in [4.69, 9.17) is 11.6 Å². The number of likely N-dealkylation sites (tertiary alicyclic amines) is 1. The lowest BCUT2D eigenvalue weighted by Gasteiger charge is -2.22. The summed E-state index contributed by atoms with van der Waals surface area (Å²) in [5.41, 5.74) is 0.716.